The molecule has 3 aromatic rings. The van der Waals surface area contributed by atoms with Gasteiger partial charge in [-0.1, -0.05) is 30.3 Å². The summed E-state index contributed by atoms with van der Waals surface area (Å²) in [5.41, 5.74) is 0.181. The summed E-state index contributed by atoms with van der Waals surface area (Å²) in [6, 6.07) is 9.46. The van der Waals surface area contributed by atoms with Crippen molar-refractivity contribution < 1.29 is 14.6 Å². The Bertz CT molecular complexity index is 983. The van der Waals surface area contributed by atoms with Crippen LogP contribution in [0.4, 0.5) is 5.82 Å². The molecule has 0 saturated heterocycles. The van der Waals surface area contributed by atoms with E-state index in [-0.39, 0.29) is 23.7 Å². The Labute approximate surface area is 142 Å². The molecule has 0 aliphatic rings. The van der Waals surface area contributed by atoms with Crippen molar-refractivity contribution in [3.8, 4) is 6.01 Å². The number of pyridine rings is 1. The highest BCUT2D eigenvalue weighted by Crippen LogP contribution is 2.21. The van der Waals surface area contributed by atoms with Gasteiger partial charge in [-0.3, -0.25) is 4.79 Å². The average molecular weight is 340 g/mol. The molecule has 0 amide bonds. The van der Waals surface area contributed by atoms with Crippen molar-refractivity contribution in [2.45, 2.75) is 6.61 Å². The summed E-state index contributed by atoms with van der Waals surface area (Å²) in [5, 5.41) is 9.12. The highest BCUT2D eigenvalue weighted by atomic mass is 16.5. The molecule has 0 radical (unpaired) electrons. The Kier molecular flexibility index (Phi) is 4.34. The monoisotopic (exact) mass is 340 g/mol. The highest BCUT2D eigenvalue weighted by Gasteiger charge is 2.18. The number of aromatic carboxylic acids is 1. The van der Waals surface area contributed by atoms with Gasteiger partial charge in [0.15, 0.2) is 5.82 Å². The SMILES string of the molecule is CN(C)c1nc(OCc2ccccc2)nc2c(=O)c(C(=O)O)c[nH]c12. The van der Waals surface area contributed by atoms with Crippen LogP contribution in [-0.2, 0) is 6.61 Å². The van der Waals surface area contributed by atoms with Crippen molar-refractivity contribution in [1.29, 1.82) is 0 Å². The largest absolute Gasteiger partial charge is 0.477 e. The molecular weight excluding hydrogens is 324 g/mol. The van der Waals surface area contributed by atoms with Gasteiger partial charge in [0.2, 0.25) is 5.43 Å². The van der Waals surface area contributed by atoms with Gasteiger partial charge in [0.05, 0.1) is 0 Å². The summed E-state index contributed by atoms with van der Waals surface area (Å²) < 4.78 is 5.60. The van der Waals surface area contributed by atoms with Gasteiger partial charge < -0.3 is 19.7 Å². The molecule has 128 valence electrons. The van der Waals surface area contributed by atoms with Crippen molar-refractivity contribution in [1.82, 2.24) is 15.0 Å². The number of carbonyl (C=O) groups is 1. The second-order valence-electron chi connectivity index (χ2n) is 5.56. The molecule has 0 aliphatic carbocycles. The second kappa shape index (κ2) is 6.60. The lowest BCUT2D eigenvalue weighted by Crippen LogP contribution is -2.20. The van der Waals surface area contributed by atoms with Gasteiger partial charge in [0, 0.05) is 20.3 Å². The molecule has 0 aliphatic heterocycles. The summed E-state index contributed by atoms with van der Waals surface area (Å²) >= 11 is 0. The summed E-state index contributed by atoms with van der Waals surface area (Å²) in [6.07, 6.45) is 1.15. The van der Waals surface area contributed by atoms with Crippen LogP contribution in [0.5, 0.6) is 6.01 Å². The van der Waals surface area contributed by atoms with E-state index in [1.54, 1.807) is 19.0 Å². The first-order valence-corrected chi connectivity index (χ1v) is 7.48. The predicted molar refractivity (Wildman–Crippen MR) is 92.2 cm³/mol. The maximum Gasteiger partial charge on any atom is 0.341 e. The molecular formula is C17H16N4O4. The van der Waals surface area contributed by atoms with E-state index < -0.39 is 11.4 Å². The average Bonchev–Trinajstić information content (AvgIpc) is 2.60. The lowest BCUT2D eigenvalue weighted by molar-refractivity contribution is 0.0695. The van der Waals surface area contributed by atoms with E-state index in [0.717, 1.165) is 11.8 Å². The molecule has 8 nitrogen and oxygen atoms in total. The Balaban J connectivity index is 2.08. The molecule has 25 heavy (non-hydrogen) atoms. The Morgan fingerprint density at radius 1 is 1.24 bits per heavy atom. The first-order chi connectivity index (χ1) is 12.0. The maximum atomic E-state index is 12.4. The number of aromatic nitrogens is 3. The van der Waals surface area contributed by atoms with Crippen LogP contribution in [0, 0.1) is 0 Å². The fourth-order valence-electron chi connectivity index (χ4n) is 2.33. The molecule has 0 atom stereocenters. The minimum absolute atomic E-state index is 0.00749. The summed E-state index contributed by atoms with van der Waals surface area (Å²) in [7, 11) is 3.51. The van der Waals surface area contributed by atoms with Crippen LogP contribution in [0.15, 0.2) is 41.3 Å². The molecule has 2 heterocycles. The first-order valence-electron chi connectivity index (χ1n) is 7.48. The molecule has 0 saturated carbocycles. The van der Waals surface area contributed by atoms with Crippen LogP contribution in [0.3, 0.4) is 0 Å². The molecule has 0 bridgehead atoms. The van der Waals surface area contributed by atoms with Crippen molar-refractivity contribution in [3.63, 3.8) is 0 Å². The second-order valence-corrected chi connectivity index (χ2v) is 5.56. The van der Waals surface area contributed by atoms with Crippen molar-refractivity contribution in [2.24, 2.45) is 0 Å². The summed E-state index contributed by atoms with van der Waals surface area (Å²) in [4.78, 5) is 36.5. The number of carboxylic acids is 1. The number of aromatic amines is 1. The van der Waals surface area contributed by atoms with Crippen LogP contribution >= 0.6 is 0 Å². The highest BCUT2D eigenvalue weighted by molar-refractivity contribution is 5.93. The number of H-pyrrole nitrogens is 1. The third-order valence-electron chi connectivity index (χ3n) is 3.55. The minimum Gasteiger partial charge on any atom is -0.477 e. The molecule has 2 N–H and O–H groups in total. The van der Waals surface area contributed by atoms with Gasteiger partial charge in [-0.2, -0.15) is 9.97 Å². The van der Waals surface area contributed by atoms with E-state index in [1.165, 1.54) is 0 Å². The predicted octanol–water partition coefficient (Wildman–Crippen LogP) is 1.66. The fraction of sp³-hybridized carbons (Fsp3) is 0.176. The number of carboxylic acid groups (broad SMARTS) is 1. The normalized spacial score (nSPS) is 10.6. The maximum absolute atomic E-state index is 12.4. The molecule has 8 heteroatoms. The van der Waals surface area contributed by atoms with Crippen LogP contribution in [-0.4, -0.2) is 40.1 Å². The lowest BCUT2D eigenvalue weighted by Gasteiger charge is -2.15. The number of hydrogen-bond donors (Lipinski definition) is 2. The molecule has 0 unspecified atom stereocenters. The Morgan fingerprint density at radius 2 is 1.96 bits per heavy atom. The molecule has 0 fully saturated rings. The van der Waals surface area contributed by atoms with E-state index in [9.17, 15) is 9.59 Å². The zero-order valence-corrected chi connectivity index (χ0v) is 13.7. The van der Waals surface area contributed by atoms with Gasteiger partial charge >= 0.3 is 12.0 Å². The first kappa shape index (κ1) is 16.4. The third kappa shape index (κ3) is 3.27. The molecule has 0 spiro atoms. The molecule has 1 aromatic carbocycles. The number of anilines is 1. The number of hydrogen-bond acceptors (Lipinski definition) is 6. The quantitative estimate of drug-likeness (QED) is 0.727. The number of nitrogens with zero attached hydrogens (tertiary/aromatic N) is 3. The zero-order chi connectivity index (χ0) is 18.0. The van der Waals surface area contributed by atoms with E-state index in [4.69, 9.17) is 9.84 Å². The third-order valence-corrected chi connectivity index (χ3v) is 3.55. The lowest BCUT2D eigenvalue weighted by atomic mass is 10.2. The van der Waals surface area contributed by atoms with Crippen LogP contribution in [0.25, 0.3) is 11.0 Å². The molecule has 2 aromatic heterocycles. The van der Waals surface area contributed by atoms with Crippen molar-refractivity contribution in [2.75, 3.05) is 19.0 Å². The van der Waals surface area contributed by atoms with Crippen molar-refractivity contribution in [3.05, 3.63) is 57.9 Å². The number of benzene rings is 1. The van der Waals surface area contributed by atoms with Crippen molar-refractivity contribution >= 4 is 22.8 Å². The van der Waals surface area contributed by atoms with E-state index in [0.29, 0.717) is 11.3 Å². The molecule has 3 rings (SSSR count). The van der Waals surface area contributed by atoms with Crippen LogP contribution in [0.1, 0.15) is 15.9 Å². The topological polar surface area (TPSA) is 108 Å². The Hall–Kier alpha value is -3.42. The minimum atomic E-state index is -1.32. The smallest absolute Gasteiger partial charge is 0.341 e. The summed E-state index contributed by atoms with van der Waals surface area (Å²) in [5.74, 6) is -0.887. The van der Waals surface area contributed by atoms with E-state index in [2.05, 4.69) is 15.0 Å². The van der Waals surface area contributed by atoms with Gasteiger partial charge in [0.25, 0.3) is 0 Å². The van der Waals surface area contributed by atoms with Crippen LogP contribution in [0.2, 0.25) is 0 Å². The summed E-state index contributed by atoms with van der Waals surface area (Å²) in [6.45, 7) is 0.232. The number of fused-ring (bicyclic) bond motifs is 1. The van der Waals surface area contributed by atoms with E-state index in [1.807, 2.05) is 30.3 Å². The Morgan fingerprint density at radius 3 is 2.60 bits per heavy atom. The van der Waals surface area contributed by atoms with Gasteiger partial charge in [-0.05, 0) is 5.56 Å². The van der Waals surface area contributed by atoms with E-state index >= 15 is 0 Å². The number of nitrogens with one attached hydrogen (secondary N) is 1. The number of rotatable bonds is 5. The van der Waals surface area contributed by atoms with Gasteiger partial charge in [-0.15, -0.1) is 0 Å². The van der Waals surface area contributed by atoms with Gasteiger partial charge in [0.1, 0.15) is 23.2 Å². The van der Waals surface area contributed by atoms with Gasteiger partial charge in [-0.25, -0.2) is 4.79 Å². The zero-order valence-electron chi connectivity index (χ0n) is 13.7. The standard InChI is InChI=1S/C17H16N4O4/c1-21(2)15-13-12(14(22)11(8-18-13)16(23)24)19-17(20-15)25-9-10-6-4-3-5-7-10/h3-8H,9H2,1-2H3,(H,18,22)(H,23,24). The van der Waals surface area contributed by atoms with Crippen LogP contribution < -0.4 is 15.1 Å². The number of ether oxygens (including phenoxy) is 1. The fourth-order valence-corrected chi connectivity index (χ4v) is 2.33.